The highest BCUT2D eigenvalue weighted by molar-refractivity contribution is 5.70. The number of benzene rings is 1. The predicted octanol–water partition coefficient (Wildman–Crippen LogP) is 3.05. The predicted molar refractivity (Wildman–Crippen MR) is 52.2 cm³/mol. The van der Waals surface area contributed by atoms with Gasteiger partial charge >= 0.3 is 0 Å². The monoisotopic (exact) mass is 154 g/mol. The Morgan fingerprint density at radius 1 is 1.17 bits per heavy atom. The van der Waals surface area contributed by atoms with Crippen molar-refractivity contribution in [3.05, 3.63) is 67.3 Å². The lowest BCUT2D eigenvalue weighted by Crippen LogP contribution is -1.75. The smallest absolute Gasteiger partial charge is 0.0184 e. The molecular formula is C12H10. The van der Waals surface area contributed by atoms with E-state index in [0.29, 0.717) is 0 Å². The van der Waals surface area contributed by atoms with Gasteiger partial charge in [0.2, 0.25) is 0 Å². The minimum atomic E-state index is 0.720. The molecule has 0 bridgehead atoms. The molecule has 0 aliphatic heterocycles. The van der Waals surface area contributed by atoms with Crippen LogP contribution in [0.5, 0.6) is 0 Å². The molecule has 0 atom stereocenters. The molecule has 0 aliphatic rings. The van der Waals surface area contributed by atoms with Gasteiger partial charge in [0.15, 0.2) is 0 Å². The average Bonchev–Trinajstić information content (AvgIpc) is 2.15. The minimum absolute atomic E-state index is 0.720. The molecule has 0 heterocycles. The van der Waals surface area contributed by atoms with Crippen molar-refractivity contribution in [2.24, 2.45) is 0 Å². The van der Waals surface area contributed by atoms with E-state index >= 15 is 0 Å². The van der Waals surface area contributed by atoms with Crippen LogP contribution in [0.25, 0.3) is 5.57 Å². The SMILES string of the molecule is [CH]=CC=CC(=[CH])c1ccccc1. The highest BCUT2D eigenvalue weighted by Gasteiger charge is 1.90. The molecular weight excluding hydrogens is 144 g/mol. The standard InChI is InChI=1S/C12H10/c1-3-4-8-11(2)12-9-6-5-7-10-12/h1-10H. The van der Waals surface area contributed by atoms with Gasteiger partial charge in [0.25, 0.3) is 0 Å². The zero-order valence-corrected chi connectivity index (χ0v) is 6.77. The number of allylic oxidation sites excluding steroid dienone is 4. The Kier molecular flexibility index (Phi) is 3.09. The van der Waals surface area contributed by atoms with Gasteiger partial charge in [-0.3, -0.25) is 0 Å². The van der Waals surface area contributed by atoms with Gasteiger partial charge < -0.3 is 0 Å². The molecule has 0 spiro atoms. The van der Waals surface area contributed by atoms with Crippen LogP contribution >= 0.6 is 0 Å². The topological polar surface area (TPSA) is 0 Å². The van der Waals surface area contributed by atoms with E-state index < -0.39 is 0 Å². The van der Waals surface area contributed by atoms with Crippen LogP contribution in [0.4, 0.5) is 0 Å². The molecule has 0 nitrogen and oxygen atoms in total. The van der Waals surface area contributed by atoms with Crippen LogP contribution in [0.15, 0.2) is 48.6 Å². The normalized spacial score (nSPS) is 10.0. The van der Waals surface area contributed by atoms with Gasteiger partial charge in [0.05, 0.1) is 0 Å². The summed E-state index contributed by atoms with van der Waals surface area (Å²) in [7, 11) is 0. The first-order valence-electron chi connectivity index (χ1n) is 3.74. The summed E-state index contributed by atoms with van der Waals surface area (Å²) in [6, 6.07) is 9.76. The zero-order valence-electron chi connectivity index (χ0n) is 6.77. The molecule has 0 N–H and O–H groups in total. The molecule has 0 unspecified atom stereocenters. The molecule has 0 heteroatoms. The van der Waals surface area contributed by atoms with E-state index in [2.05, 4.69) is 0 Å². The summed E-state index contributed by atoms with van der Waals surface area (Å²) in [5, 5.41) is 0. The number of hydrogen-bond acceptors (Lipinski definition) is 0. The maximum Gasteiger partial charge on any atom is -0.0184 e. The number of hydrogen-bond donors (Lipinski definition) is 0. The second-order valence-corrected chi connectivity index (χ2v) is 2.37. The Hall–Kier alpha value is -1.56. The molecule has 1 aromatic rings. The lowest BCUT2D eigenvalue weighted by Gasteiger charge is -1.97. The Labute approximate surface area is 73.6 Å². The third-order valence-electron chi connectivity index (χ3n) is 1.49. The fourth-order valence-electron chi connectivity index (χ4n) is 0.886. The molecule has 1 aromatic carbocycles. The van der Waals surface area contributed by atoms with Crippen molar-refractivity contribution in [2.45, 2.75) is 0 Å². The van der Waals surface area contributed by atoms with Crippen molar-refractivity contribution >= 4 is 5.57 Å². The molecule has 2 radical (unpaired) electrons. The van der Waals surface area contributed by atoms with Crippen LogP contribution in [-0.4, -0.2) is 0 Å². The molecule has 1 rings (SSSR count). The first-order valence-corrected chi connectivity index (χ1v) is 3.74. The zero-order chi connectivity index (χ0) is 8.81. The summed E-state index contributed by atoms with van der Waals surface area (Å²) < 4.78 is 0. The molecule has 58 valence electrons. The van der Waals surface area contributed by atoms with Crippen molar-refractivity contribution in [3.63, 3.8) is 0 Å². The summed E-state index contributed by atoms with van der Waals surface area (Å²) in [6.07, 6.45) is 4.94. The van der Waals surface area contributed by atoms with Gasteiger partial charge in [-0.25, -0.2) is 0 Å². The van der Waals surface area contributed by atoms with Crippen LogP contribution in [0.1, 0.15) is 5.56 Å². The molecule has 0 saturated carbocycles. The molecule has 0 saturated heterocycles. The van der Waals surface area contributed by atoms with E-state index in [-0.39, 0.29) is 0 Å². The second-order valence-electron chi connectivity index (χ2n) is 2.37. The van der Waals surface area contributed by atoms with Crippen molar-refractivity contribution in [2.75, 3.05) is 0 Å². The van der Waals surface area contributed by atoms with Gasteiger partial charge in [-0.1, -0.05) is 61.7 Å². The van der Waals surface area contributed by atoms with Crippen LogP contribution < -0.4 is 0 Å². The van der Waals surface area contributed by atoms with Crippen LogP contribution in [0, 0.1) is 13.2 Å². The largest absolute Gasteiger partial charge is 0.0623 e. The van der Waals surface area contributed by atoms with E-state index in [1.165, 1.54) is 6.08 Å². The Morgan fingerprint density at radius 3 is 2.42 bits per heavy atom. The third-order valence-corrected chi connectivity index (χ3v) is 1.49. The highest BCUT2D eigenvalue weighted by Crippen LogP contribution is 2.11. The minimum Gasteiger partial charge on any atom is -0.0623 e. The van der Waals surface area contributed by atoms with Gasteiger partial charge in [-0.2, -0.15) is 0 Å². The summed E-state index contributed by atoms with van der Waals surface area (Å²) in [5.41, 5.74) is 1.73. The summed E-state index contributed by atoms with van der Waals surface area (Å²) in [4.78, 5) is 0. The van der Waals surface area contributed by atoms with Crippen LogP contribution in [0.3, 0.4) is 0 Å². The summed E-state index contributed by atoms with van der Waals surface area (Å²) in [5.74, 6) is 0. The summed E-state index contributed by atoms with van der Waals surface area (Å²) >= 11 is 0. The maximum absolute atomic E-state index is 5.74. The number of rotatable bonds is 3. The Morgan fingerprint density at radius 2 is 1.83 bits per heavy atom. The van der Waals surface area contributed by atoms with Gasteiger partial charge in [-0.15, -0.1) is 0 Å². The van der Waals surface area contributed by atoms with E-state index in [4.69, 9.17) is 13.2 Å². The lowest BCUT2D eigenvalue weighted by atomic mass is 10.1. The second kappa shape index (κ2) is 4.35. The first kappa shape index (κ1) is 8.54. The molecule has 0 amide bonds. The van der Waals surface area contributed by atoms with Crippen LogP contribution in [0.2, 0.25) is 0 Å². The van der Waals surface area contributed by atoms with E-state index in [1.807, 2.05) is 30.3 Å². The van der Waals surface area contributed by atoms with Gasteiger partial charge in [0, 0.05) is 0 Å². The fourth-order valence-corrected chi connectivity index (χ4v) is 0.886. The Bertz CT molecular complexity index is 291. The quantitative estimate of drug-likeness (QED) is 0.587. The van der Waals surface area contributed by atoms with Crippen LogP contribution in [-0.2, 0) is 0 Å². The van der Waals surface area contributed by atoms with Crippen molar-refractivity contribution in [1.29, 1.82) is 0 Å². The highest BCUT2D eigenvalue weighted by atomic mass is 13.9. The maximum atomic E-state index is 5.74. The van der Waals surface area contributed by atoms with Crippen molar-refractivity contribution in [1.82, 2.24) is 0 Å². The molecule has 12 heavy (non-hydrogen) atoms. The molecule has 0 aliphatic carbocycles. The first-order chi connectivity index (χ1) is 5.84. The fraction of sp³-hybridized carbons (Fsp3) is 0. The van der Waals surface area contributed by atoms with Gasteiger partial charge in [0.1, 0.15) is 0 Å². The van der Waals surface area contributed by atoms with Gasteiger partial charge in [-0.05, 0) is 11.1 Å². The van der Waals surface area contributed by atoms with E-state index in [1.54, 1.807) is 12.2 Å². The lowest BCUT2D eigenvalue weighted by molar-refractivity contribution is 1.62. The summed E-state index contributed by atoms with van der Waals surface area (Å²) in [6.45, 7) is 10.9. The van der Waals surface area contributed by atoms with E-state index in [9.17, 15) is 0 Å². The Balaban J connectivity index is 2.79. The molecule has 0 aromatic heterocycles. The van der Waals surface area contributed by atoms with E-state index in [0.717, 1.165) is 11.1 Å². The third kappa shape index (κ3) is 2.24. The molecule has 0 fully saturated rings. The van der Waals surface area contributed by atoms with Crippen molar-refractivity contribution in [3.8, 4) is 0 Å². The van der Waals surface area contributed by atoms with Crippen molar-refractivity contribution < 1.29 is 0 Å². The average molecular weight is 154 g/mol.